The van der Waals surface area contributed by atoms with Gasteiger partial charge in [0.05, 0.1) is 19.3 Å². The van der Waals surface area contributed by atoms with Crippen molar-refractivity contribution in [2.75, 3.05) is 12.4 Å². The van der Waals surface area contributed by atoms with Crippen molar-refractivity contribution in [3.05, 3.63) is 83.9 Å². The number of nitrogens with one attached hydrogen (secondary N) is 1. The number of rotatable bonds is 7. The van der Waals surface area contributed by atoms with Gasteiger partial charge in [-0.1, -0.05) is 12.1 Å². The van der Waals surface area contributed by atoms with Crippen molar-refractivity contribution in [2.24, 2.45) is 0 Å². The Hall–Kier alpha value is -3.61. The second-order valence-corrected chi connectivity index (χ2v) is 6.63. The Morgan fingerprint density at radius 3 is 2.72 bits per heavy atom. The minimum absolute atomic E-state index is 0.213. The van der Waals surface area contributed by atoms with E-state index in [-0.39, 0.29) is 11.9 Å². The Morgan fingerprint density at radius 1 is 1.10 bits per heavy atom. The van der Waals surface area contributed by atoms with E-state index in [0.29, 0.717) is 23.7 Å². The molecular weight excluding hydrogens is 371 g/mol. The van der Waals surface area contributed by atoms with Gasteiger partial charge >= 0.3 is 0 Å². The summed E-state index contributed by atoms with van der Waals surface area (Å²) in [5.74, 6) is 1.77. The first kappa shape index (κ1) is 18.7. The molecule has 4 rings (SSSR count). The topological polar surface area (TPSA) is 60.7 Å². The number of anilines is 1. The van der Waals surface area contributed by atoms with E-state index in [2.05, 4.69) is 15.4 Å². The number of fused-ring (bicyclic) bond motifs is 1. The summed E-state index contributed by atoms with van der Waals surface area (Å²) >= 11 is 0. The average Bonchev–Trinajstić information content (AvgIpc) is 3.21. The normalized spacial score (nSPS) is 12.0. The van der Waals surface area contributed by atoms with Gasteiger partial charge in [-0.25, -0.2) is 13.9 Å². The number of aromatic nitrogens is 3. The fourth-order valence-electron chi connectivity index (χ4n) is 3.06. The molecule has 1 atom stereocenters. The van der Waals surface area contributed by atoms with Crippen LogP contribution in [0.4, 0.5) is 10.2 Å². The Bertz CT molecular complexity index is 1110. The van der Waals surface area contributed by atoms with Crippen molar-refractivity contribution in [1.29, 1.82) is 0 Å². The summed E-state index contributed by atoms with van der Waals surface area (Å²) in [6, 6.07) is 15.6. The molecule has 1 unspecified atom stereocenters. The van der Waals surface area contributed by atoms with Gasteiger partial charge in [0.2, 0.25) is 0 Å². The molecule has 2 heterocycles. The van der Waals surface area contributed by atoms with Crippen LogP contribution in [0.2, 0.25) is 0 Å². The zero-order chi connectivity index (χ0) is 20.2. The second-order valence-electron chi connectivity index (χ2n) is 6.63. The highest BCUT2D eigenvalue weighted by Gasteiger charge is 2.14. The quantitative estimate of drug-likeness (QED) is 0.497. The standard InChI is InChI=1S/C22H21FN4O2/c1-15(25-21-10-12-27-22(26-21)9-11-24-27)19-13-17(23)5-8-20(19)29-14-16-3-6-18(28-2)7-4-16/h3-13,15H,14H2,1-2H3,(H,25,26). The summed E-state index contributed by atoms with van der Waals surface area (Å²) in [6.07, 6.45) is 3.51. The van der Waals surface area contributed by atoms with E-state index in [9.17, 15) is 4.39 Å². The van der Waals surface area contributed by atoms with Crippen molar-refractivity contribution < 1.29 is 13.9 Å². The highest BCUT2D eigenvalue weighted by Crippen LogP contribution is 2.29. The average molecular weight is 392 g/mol. The molecule has 0 saturated carbocycles. The van der Waals surface area contributed by atoms with Gasteiger partial charge in [0.1, 0.15) is 29.7 Å². The zero-order valence-corrected chi connectivity index (χ0v) is 16.2. The van der Waals surface area contributed by atoms with Crippen LogP contribution in [0.1, 0.15) is 24.1 Å². The van der Waals surface area contributed by atoms with Gasteiger partial charge in [-0.2, -0.15) is 5.10 Å². The number of methoxy groups -OCH3 is 1. The van der Waals surface area contributed by atoms with E-state index in [4.69, 9.17) is 9.47 Å². The second kappa shape index (κ2) is 8.18. The van der Waals surface area contributed by atoms with Gasteiger partial charge in [0, 0.05) is 17.8 Å². The number of hydrogen-bond acceptors (Lipinski definition) is 5. The lowest BCUT2D eigenvalue weighted by molar-refractivity contribution is 0.301. The largest absolute Gasteiger partial charge is 0.497 e. The molecule has 0 aliphatic heterocycles. The summed E-state index contributed by atoms with van der Waals surface area (Å²) in [5.41, 5.74) is 2.45. The maximum absolute atomic E-state index is 13.9. The first-order valence-electron chi connectivity index (χ1n) is 9.24. The summed E-state index contributed by atoms with van der Waals surface area (Å²) in [6.45, 7) is 2.31. The van der Waals surface area contributed by atoms with E-state index < -0.39 is 0 Å². The molecule has 1 N–H and O–H groups in total. The zero-order valence-electron chi connectivity index (χ0n) is 16.2. The SMILES string of the molecule is COc1ccc(COc2ccc(F)cc2C(C)Nc2ccn3nccc3n2)cc1. The van der Waals surface area contributed by atoms with Crippen LogP contribution in [0, 0.1) is 5.82 Å². The summed E-state index contributed by atoms with van der Waals surface area (Å²) < 4.78 is 26.8. The Balaban J connectivity index is 1.51. The van der Waals surface area contributed by atoms with Crippen molar-refractivity contribution >= 4 is 11.5 Å². The first-order chi connectivity index (χ1) is 14.1. The van der Waals surface area contributed by atoms with Crippen LogP contribution in [0.5, 0.6) is 11.5 Å². The van der Waals surface area contributed by atoms with Gasteiger partial charge < -0.3 is 14.8 Å². The molecule has 6 nitrogen and oxygen atoms in total. The van der Waals surface area contributed by atoms with E-state index in [1.54, 1.807) is 23.9 Å². The minimum atomic E-state index is -0.315. The number of benzene rings is 2. The minimum Gasteiger partial charge on any atom is -0.497 e. The molecule has 0 saturated heterocycles. The Morgan fingerprint density at radius 2 is 1.93 bits per heavy atom. The third-order valence-electron chi connectivity index (χ3n) is 4.61. The van der Waals surface area contributed by atoms with Crippen molar-refractivity contribution in [1.82, 2.24) is 14.6 Å². The van der Waals surface area contributed by atoms with Crippen LogP contribution in [-0.2, 0) is 6.61 Å². The van der Waals surface area contributed by atoms with Crippen LogP contribution in [0.3, 0.4) is 0 Å². The lowest BCUT2D eigenvalue weighted by atomic mass is 10.1. The molecule has 0 bridgehead atoms. The maximum Gasteiger partial charge on any atom is 0.157 e. The molecular formula is C22H21FN4O2. The van der Waals surface area contributed by atoms with Crippen LogP contribution >= 0.6 is 0 Å². The predicted octanol–water partition coefficient (Wildman–Crippen LogP) is 4.63. The Kier molecular flexibility index (Phi) is 5.29. The van der Waals surface area contributed by atoms with Crippen LogP contribution < -0.4 is 14.8 Å². The molecule has 0 spiro atoms. The van der Waals surface area contributed by atoms with Crippen molar-refractivity contribution in [3.63, 3.8) is 0 Å². The van der Waals surface area contributed by atoms with Crippen LogP contribution in [0.25, 0.3) is 5.65 Å². The molecule has 29 heavy (non-hydrogen) atoms. The fourth-order valence-corrected chi connectivity index (χ4v) is 3.06. The molecule has 0 aliphatic rings. The molecule has 0 fully saturated rings. The molecule has 2 aromatic carbocycles. The van der Waals surface area contributed by atoms with Crippen molar-refractivity contribution in [3.8, 4) is 11.5 Å². The van der Waals surface area contributed by atoms with Gasteiger partial charge in [-0.15, -0.1) is 0 Å². The lowest BCUT2D eigenvalue weighted by Crippen LogP contribution is -2.11. The van der Waals surface area contributed by atoms with Crippen LogP contribution in [-0.4, -0.2) is 21.7 Å². The van der Waals surface area contributed by atoms with Gasteiger partial charge in [-0.3, -0.25) is 0 Å². The Labute approximate surface area is 167 Å². The lowest BCUT2D eigenvalue weighted by Gasteiger charge is -2.19. The van der Waals surface area contributed by atoms with Gasteiger partial charge in [0.15, 0.2) is 5.65 Å². The molecule has 148 valence electrons. The number of ether oxygens (including phenoxy) is 2. The molecule has 0 amide bonds. The summed E-state index contributed by atoms with van der Waals surface area (Å²) in [4.78, 5) is 4.51. The van der Waals surface area contributed by atoms with E-state index >= 15 is 0 Å². The molecule has 0 radical (unpaired) electrons. The number of nitrogens with zero attached hydrogens (tertiary/aromatic N) is 3. The van der Waals surface area contributed by atoms with E-state index in [1.807, 2.05) is 49.5 Å². The fraction of sp³-hybridized carbons (Fsp3) is 0.182. The smallest absolute Gasteiger partial charge is 0.157 e. The van der Waals surface area contributed by atoms with Gasteiger partial charge in [0.25, 0.3) is 0 Å². The predicted molar refractivity (Wildman–Crippen MR) is 109 cm³/mol. The van der Waals surface area contributed by atoms with Gasteiger partial charge in [-0.05, 0) is 48.9 Å². The van der Waals surface area contributed by atoms with Crippen molar-refractivity contribution in [2.45, 2.75) is 19.6 Å². The maximum atomic E-state index is 13.9. The number of hydrogen-bond donors (Lipinski definition) is 1. The molecule has 0 aliphatic carbocycles. The number of halogens is 1. The monoisotopic (exact) mass is 392 g/mol. The highest BCUT2D eigenvalue weighted by molar-refractivity contribution is 5.48. The molecule has 7 heteroatoms. The van der Waals surface area contributed by atoms with E-state index in [1.165, 1.54) is 12.1 Å². The highest BCUT2D eigenvalue weighted by atomic mass is 19.1. The van der Waals surface area contributed by atoms with Crippen LogP contribution in [0.15, 0.2) is 67.0 Å². The third-order valence-corrected chi connectivity index (χ3v) is 4.61. The van der Waals surface area contributed by atoms with E-state index in [0.717, 1.165) is 17.0 Å². The molecule has 2 aromatic heterocycles. The third kappa shape index (κ3) is 4.29. The first-order valence-corrected chi connectivity index (χ1v) is 9.24. The summed E-state index contributed by atoms with van der Waals surface area (Å²) in [7, 11) is 1.63. The summed E-state index contributed by atoms with van der Waals surface area (Å²) in [5, 5.41) is 7.44. The molecule has 4 aromatic rings.